The molecule has 1 aliphatic rings. The fraction of sp³-hybridized carbons (Fsp3) is 0.846. The minimum absolute atomic E-state index is 0.621. The number of carbonyl (C=O) groups is 2. The van der Waals surface area contributed by atoms with E-state index in [4.69, 9.17) is 9.47 Å². The van der Waals surface area contributed by atoms with Crippen LogP contribution in [0.3, 0.4) is 0 Å². The van der Waals surface area contributed by atoms with Gasteiger partial charge >= 0.3 is 12.1 Å². The molecule has 6 heteroatoms. The lowest BCUT2D eigenvalue weighted by molar-refractivity contribution is -0.149. The molecule has 6 nitrogen and oxygen atoms in total. The molecule has 0 aromatic rings. The van der Waals surface area contributed by atoms with Crippen molar-refractivity contribution in [3.8, 4) is 0 Å². The molecule has 0 aromatic carbocycles. The van der Waals surface area contributed by atoms with Crippen LogP contribution in [0.5, 0.6) is 0 Å². The zero-order chi connectivity index (χ0) is 14.7. The molecular weight excluding hydrogens is 250 g/mol. The van der Waals surface area contributed by atoms with Gasteiger partial charge in [-0.15, -0.1) is 0 Å². The lowest BCUT2D eigenvalue weighted by Crippen LogP contribution is -2.57. The maximum atomic E-state index is 11.7. The van der Waals surface area contributed by atoms with Crippen molar-refractivity contribution < 1.29 is 24.2 Å². The molecule has 1 saturated carbocycles. The topological polar surface area (TPSA) is 84.9 Å². The van der Waals surface area contributed by atoms with Crippen LogP contribution >= 0.6 is 0 Å². The van der Waals surface area contributed by atoms with Gasteiger partial charge in [-0.05, 0) is 33.6 Å². The van der Waals surface area contributed by atoms with E-state index in [1.54, 1.807) is 20.8 Å². The van der Waals surface area contributed by atoms with Crippen LogP contribution in [0.4, 0.5) is 4.79 Å². The van der Waals surface area contributed by atoms with Gasteiger partial charge in [0.1, 0.15) is 5.60 Å². The first-order chi connectivity index (χ1) is 8.70. The molecule has 19 heavy (non-hydrogen) atoms. The van der Waals surface area contributed by atoms with Crippen molar-refractivity contribution in [2.45, 2.75) is 63.7 Å². The van der Waals surface area contributed by atoms with Crippen molar-refractivity contribution in [3.63, 3.8) is 0 Å². The summed E-state index contributed by atoms with van der Waals surface area (Å²) in [4.78, 5) is 23.1. The highest BCUT2D eigenvalue weighted by Gasteiger charge is 2.47. The molecule has 110 valence electrons. The zero-order valence-corrected chi connectivity index (χ0v) is 12.0. The Labute approximate surface area is 113 Å². The van der Waals surface area contributed by atoms with E-state index in [1.165, 1.54) is 7.11 Å². The summed E-state index contributed by atoms with van der Waals surface area (Å²) in [5.41, 5.74) is -1.49. The first-order valence-electron chi connectivity index (χ1n) is 6.48. The summed E-state index contributed by atoms with van der Waals surface area (Å²) in [6, 6.07) is -1.09. The van der Waals surface area contributed by atoms with Crippen LogP contribution in [0.15, 0.2) is 0 Å². The monoisotopic (exact) mass is 273 g/mol. The van der Waals surface area contributed by atoms with Crippen LogP contribution in [0, 0.1) is 0 Å². The maximum absolute atomic E-state index is 11.7. The van der Waals surface area contributed by atoms with Crippen molar-refractivity contribution >= 4 is 12.1 Å². The quantitative estimate of drug-likeness (QED) is 0.817. The van der Waals surface area contributed by atoms with Crippen LogP contribution in [-0.4, -0.2) is 41.5 Å². The largest absolute Gasteiger partial charge is 0.480 e. The van der Waals surface area contributed by atoms with Gasteiger partial charge < -0.3 is 19.9 Å². The standard InChI is InChI=1S/C13H23NO5/c1-12(2,3)19-11(17)14-9(10(15)16)13(18-4)7-5-6-8-13/h9H,5-8H2,1-4H3,(H,14,17)(H,15,16). The normalized spacial score (nSPS) is 19.8. The van der Waals surface area contributed by atoms with Crippen LogP contribution in [0.2, 0.25) is 0 Å². The van der Waals surface area contributed by atoms with E-state index in [0.717, 1.165) is 12.8 Å². The van der Waals surface area contributed by atoms with E-state index < -0.39 is 29.3 Å². The van der Waals surface area contributed by atoms with Crippen LogP contribution in [-0.2, 0) is 14.3 Å². The molecule has 1 unspecified atom stereocenters. The molecule has 1 fully saturated rings. The predicted molar refractivity (Wildman–Crippen MR) is 69.0 cm³/mol. The van der Waals surface area contributed by atoms with Crippen LogP contribution in [0.1, 0.15) is 46.5 Å². The molecule has 2 N–H and O–H groups in total. The molecular formula is C13H23NO5. The molecule has 0 bridgehead atoms. The highest BCUT2D eigenvalue weighted by Crippen LogP contribution is 2.35. The van der Waals surface area contributed by atoms with E-state index in [-0.39, 0.29) is 0 Å². The average Bonchev–Trinajstić information content (AvgIpc) is 2.72. The molecule has 0 saturated heterocycles. The highest BCUT2D eigenvalue weighted by molar-refractivity contribution is 5.81. The van der Waals surface area contributed by atoms with Gasteiger partial charge in [0.2, 0.25) is 0 Å². The number of nitrogens with one attached hydrogen (secondary N) is 1. The van der Waals surface area contributed by atoms with Crippen molar-refractivity contribution in [1.82, 2.24) is 5.32 Å². The first-order valence-corrected chi connectivity index (χ1v) is 6.48. The number of alkyl carbamates (subject to hydrolysis) is 1. The second-order valence-electron chi connectivity index (χ2n) is 5.89. The number of aliphatic carboxylic acids is 1. The van der Waals surface area contributed by atoms with Gasteiger partial charge in [0.05, 0.1) is 5.60 Å². The molecule has 0 heterocycles. The van der Waals surface area contributed by atoms with Gasteiger partial charge in [-0.2, -0.15) is 0 Å². The summed E-state index contributed by atoms with van der Waals surface area (Å²) in [6.07, 6.45) is 2.30. The summed E-state index contributed by atoms with van der Waals surface area (Å²) < 4.78 is 10.5. The molecule has 0 aromatic heterocycles. The second kappa shape index (κ2) is 5.77. The van der Waals surface area contributed by atoms with E-state index in [0.29, 0.717) is 12.8 Å². The van der Waals surface area contributed by atoms with Gasteiger partial charge in [-0.3, -0.25) is 0 Å². The second-order valence-corrected chi connectivity index (χ2v) is 5.89. The highest BCUT2D eigenvalue weighted by atomic mass is 16.6. The number of carbonyl (C=O) groups excluding carboxylic acids is 1. The third kappa shape index (κ3) is 4.09. The first kappa shape index (κ1) is 15.8. The Morgan fingerprint density at radius 1 is 1.26 bits per heavy atom. The molecule has 1 aliphatic carbocycles. The zero-order valence-electron chi connectivity index (χ0n) is 12.0. The molecule has 0 spiro atoms. The van der Waals surface area contributed by atoms with E-state index >= 15 is 0 Å². The number of carboxylic acid groups (broad SMARTS) is 1. The number of carboxylic acids is 1. The number of hydrogen-bond donors (Lipinski definition) is 2. The average molecular weight is 273 g/mol. The Kier molecular flexibility index (Phi) is 4.79. The van der Waals surface area contributed by atoms with Crippen molar-refractivity contribution in [2.24, 2.45) is 0 Å². The van der Waals surface area contributed by atoms with Crippen LogP contribution in [0.25, 0.3) is 0 Å². The lowest BCUT2D eigenvalue weighted by atomic mass is 9.92. The number of rotatable bonds is 4. The smallest absolute Gasteiger partial charge is 0.408 e. The fourth-order valence-corrected chi connectivity index (χ4v) is 2.43. The van der Waals surface area contributed by atoms with Gasteiger partial charge in [0.15, 0.2) is 6.04 Å². The summed E-state index contributed by atoms with van der Waals surface area (Å²) in [6.45, 7) is 5.18. The summed E-state index contributed by atoms with van der Waals surface area (Å²) in [5, 5.41) is 11.7. The number of methoxy groups -OCH3 is 1. The Hall–Kier alpha value is -1.30. The van der Waals surface area contributed by atoms with Crippen molar-refractivity contribution in [1.29, 1.82) is 0 Å². The molecule has 1 amide bonds. The molecule has 1 atom stereocenters. The van der Waals surface area contributed by atoms with Crippen molar-refractivity contribution in [3.05, 3.63) is 0 Å². The maximum Gasteiger partial charge on any atom is 0.408 e. The predicted octanol–water partition coefficient (Wildman–Crippen LogP) is 1.92. The number of hydrogen-bond acceptors (Lipinski definition) is 4. The third-order valence-corrected chi connectivity index (χ3v) is 3.29. The Morgan fingerprint density at radius 3 is 2.16 bits per heavy atom. The Balaban J connectivity index is 2.78. The summed E-state index contributed by atoms with van der Waals surface area (Å²) in [5.74, 6) is -1.10. The van der Waals surface area contributed by atoms with Gasteiger partial charge in [0.25, 0.3) is 0 Å². The minimum Gasteiger partial charge on any atom is -0.480 e. The lowest BCUT2D eigenvalue weighted by Gasteiger charge is -2.34. The molecule has 1 rings (SSSR count). The van der Waals surface area contributed by atoms with E-state index in [2.05, 4.69) is 5.32 Å². The van der Waals surface area contributed by atoms with E-state index in [1.807, 2.05) is 0 Å². The summed E-state index contributed by atoms with van der Waals surface area (Å²) in [7, 11) is 1.48. The van der Waals surface area contributed by atoms with Gasteiger partial charge in [-0.25, -0.2) is 9.59 Å². The van der Waals surface area contributed by atoms with Crippen molar-refractivity contribution in [2.75, 3.05) is 7.11 Å². The third-order valence-electron chi connectivity index (χ3n) is 3.29. The van der Waals surface area contributed by atoms with Gasteiger partial charge in [-0.1, -0.05) is 12.8 Å². The summed E-state index contributed by atoms with van der Waals surface area (Å²) >= 11 is 0. The fourth-order valence-electron chi connectivity index (χ4n) is 2.43. The van der Waals surface area contributed by atoms with Gasteiger partial charge in [0, 0.05) is 7.11 Å². The molecule has 0 radical (unpaired) electrons. The minimum atomic E-state index is -1.10. The van der Waals surface area contributed by atoms with Crippen LogP contribution < -0.4 is 5.32 Å². The SMILES string of the molecule is COC1(C(NC(=O)OC(C)(C)C)C(=O)O)CCCC1. The van der Waals surface area contributed by atoms with E-state index in [9.17, 15) is 14.7 Å². The Morgan fingerprint density at radius 2 is 1.79 bits per heavy atom. The molecule has 0 aliphatic heterocycles. The Bertz CT molecular complexity index is 341. The number of amides is 1. The number of ether oxygens (including phenoxy) is 2.